The highest BCUT2D eigenvalue weighted by atomic mass is 127. The molecule has 1 rings (SSSR count). The Balaban J connectivity index is 0.00000576. The lowest BCUT2D eigenvalue weighted by Crippen LogP contribution is -2.22. The first-order valence-corrected chi connectivity index (χ1v) is 8.41. The highest BCUT2D eigenvalue weighted by Gasteiger charge is 2.00. The fourth-order valence-corrected chi connectivity index (χ4v) is 2.11. The van der Waals surface area contributed by atoms with Gasteiger partial charge in [0, 0.05) is 18.7 Å². The summed E-state index contributed by atoms with van der Waals surface area (Å²) in [6, 6.07) is 7.62. The van der Waals surface area contributed by atoms with E-state index in [0.717, 1.165) is 37.1 Å². The number of aliphatic imine (C=N–C) groups is 1. The van der Waals surface area contributed by atoms with Gasteiger partial charge in [0.1, 0.15) is 5.75 Å². The predicted octanol–water partition coefficient (Wildman–Crippen LogP) is 3.94. The molecule has 0 radical (unpaired) electrons. The van der Waals surface area contributed by atoms with Gasteiger partial charge in [-0.1, -0.05) is 12.8 Å². The fourth-order valence-electron chi connectivity index (χ4n) is 2.11. The van der Waals surface area contributed by atoms with Crippen LogP contribution in [0.25, 0.3) is 0 Å². The number of esters is 1. The van der Waals surface area contributed by atoms with Gasteiger partial charge in [0.25, 0.3) is 0 Å². The molecule has 0 fully saturated rings. The van der Waals surface area contributed by atoms with Crippen LogP contribution in [0, 0.1) is 0 Å². The van der Waals surface area contributed by atoms with Crippen molar-refractivity contribution in [3.05, 3.63) is 24.3 Å². The van der Waals surface area contributed by atoms with Gasteiger partial charge in [0.15, 0.2) is 5.96 Å². The second-order valence-electron chi connectivity index (χ2n) is 5.82. The van der Waals surface area contributed by atoms with E-state index < -0.39 is 0 Å². The number of nitrogens with zero attached hydrogens (tertiary/aromatic N) is 1. The lowest BCUT2D eigenvalue weighted by Gasteiger charge is -2.10. The molecule has 0 aliphatic carbocycles. The summed E-state index contributed by atoms with van der Waals surface area (Å²) in [4.78, 5) is 15.3. The molecule has 0 saturated carbocycles. The highest BCUT2D eigenvalue weighted by molar-refractivity contribution is 14.0. The van der Waals surface area contributed by atoms with Crippen LogP contribution >= 0.6 is 24.0 Å². The molecule has 25 heavy (non-hydrogen) atoms. The number of rotatable bonds is 10. The van der Waals surface area contributed by atoms with Gasteiger partial charge < -0.3 is 20.5 Å². The lowest BCUT2D eigenvalue weighted by molar-refractivity contribution is -0.140. The summed E-state index contributed by atoms with van der Waals surface area (Å²) < 4.78 is 10.2. The Morgan fingerprint density at radius 3 is 2.40 bits per heavy atom. The van der Waals surface area contributed by atoms with E-state index in [1.54, 1.807) is 0 Å². The predicted molar refractivity (Wildman–Crippen MR) is 113 cm³/mol. The van der Waals surface area contributed by atoms with Crippen LogP contribution in [0.3, 0.4) is 0 Å². The van der Waals surface area contributed by atoms with E-state index in [4.69, 9.17) is 10.5 Å². The fraction of sp³-hybridized carbons (Fsp3) is 0.556. The molecule has 142 valence electrons. The average Bonchev–Trinajstić information content (AvgIpc) is 2.55. The molecule has 1 aromatic rings. The number of anilines is 1. The van der Waals surface area contributed by atoms with Crippen molar-refractivity contribution in [1.29, 1.82) is 0 Å². The van der Waals surface area contributed by atoms with Crippen LogP contribution in [0.4, 0.5) is 5.69 Å². The molecule has 0 bridgehead atoms. The molecule has 0 saturated heterocycles. The number of carbonyl (C=O) groups is 1. The molecule has 0 aliphatic rings. The number of halogens is 1. The van der Waals surface area contributed by atoms with Gasteiger partial charge in [-0.05, 0) is 51.0 Å². The number of carbonyl (C=O) groups excluding carboxylic acids is 1. The summed E-state index contributed by atoms with van der Waals surface area (Å²) in [7, 11) is 1.41. The molecule has 3 N–H and O–H groups in total. The Labute approximate surface area is 167 Å². The van der Waals surface area contributed by atoms with Gasteiger partial charge in [-0.3, -0.25) is 9.79 Å². The van der Waals surface area contributed by atoms with Gasteiger partial charge in [-0.15, -0.1) is 24.0 Å². The second kappa shape index (κ2) is 13.7. The summed E-state index contributed by atoms with van der Waals surface area (Å²) in [6.45, 7) is 4.66. The van der Waals surface area contributed by atoms with E-state index in [1.807, 2.05) is 38.1 Å². The van der Waals surface area contributed by atoms with Crippen molar-refractivity contribution in [3.63, 3.8) is 0 Å². The molecule has 1 aromatic carbocycles. The van der Waals surface area contributed by atoms with Crippen molar-refractivity contribution in [3.8, 4) is 5.75 Å². The van der Waals surface area contributed by atoms with Crippen LogP contribution < -0.4 is 15.8 Å². The minimum Gasteiger partial charge on any atom is -0.491 e. The molecule has 0 aromatic heterocycles. The molecule has 7 heteroatoms. The van der Waals surface area contributed by atoms with Crippen molar-refractivity contribution in [2.45, 2.75) is 52.1 Å². The summed E-state index contributed by atoms with van der Waals surface area (Å²) in [6.07, 6.45) is 4.47. The van der Waals surface area contributed by atoms with Crippen LogP contribution in [-0.2, 0) is 9.53 Å². The van der Waals surface area contributed by atoms with Crippen LogP contribution in [0.2, 0.25) is 0 Å². The first-order chi connectivity index (χ1) is 11.5. The van der Waals surface area contributed by atoms with Crippen molar-refractivity contribution in [2.24, 2.45) is 10.7 Å². The zero-order valence-electron chi connectivity index (χ0n) is 15.3. The van der Waals surface area contributed by atoms with Gasteiger partial charge in [0.05, 0.1) is 13.2 Å². The number of guanidine groups is 1. The zero-order chi connectivity index (χ0) is 17.8. The normalized spacial score (nSPS) is 11.0. The Hall–Kier alpha value is -1.51. The minimum atomic E-state index is -0.147. The van der Waals surface area contributed by atoms with Gasteiger partial charge in [0.2, 0.25) is 0 Å². The summed E-state index contributed by atoms with van der Waals surface area (Å²) >= 11 is 0. The Kier molecular flexibility index (Phi) is 12.9. The quantitative estimate of drug-likeness (QED) is 0.181. The third kappa shape index (κ3) is 11.6. The number of hydrogen-bond donors (Lipinski definition) is 2. The van der Waals surface area contributed by atoms with E-state index in [1.165, 1.54) is 7.11 Å². The van der Waals surface area contributed by atoms with Crippen LogP contribution in [0.5, 0.6) is 5.75 Å². The first-order valence-electron chi connectivity index (χ1n) is 8.41. The topological polar surface area (TPSA) is 85.9 Å². The molecule has 6 nitrogen and oxygen atoms in total. The summed E-state index contributed by atoms with van der Waals surface area (Å²) in [5.41, 5.74) is 6.75. The molecule has 0 atom stereocenters. The first kappa shape index (κ1) is 23.5. The number of nitrogens with two attached hydrogens (primary N) is 1. The molecule has 0 spiro atoms. The SMILES string of the molecule is COC(=O)CCCCCCN=C(N)Nc1ccc(OC(C)C)cc1.I. The molecule has 0 unspecified atom stereocenters. The third-order valence-electron chi connectivity index (χ3n) is 3.30. The smallest absolute Gasteiger partial charge is 0.305 e. The van der Waals surface area contributed by atoms with Gasteiger partial charge in [-0.2, -0.15) is 0 Å². The third-order valence-corrected chi connectivity index (χ3v) is 3.30. The lowest BCUT2D eigenvalue weighted by atomic mass is 10.1. The Morgan fingerprint density at radius 2 is 1.80 bits per heavy atom. The Morgan fingerprint density at radius 1 is 1.16 bits per heavy atom. The maximum absolute atomic E-state index is 11.0. The monoisotopic (exact) mass is 463 g/mol. The van der Waals surface area contributed by atoms with Crippen LogP contribution in [0.1, 0.15) is 46.0 Å². The maximum atomic E-state index is 11.0. The average molecular weight is 463 g/mol. The maximum Gasteiger partial charge on any atom is 0.305 e. The number of unbranched alkanes of at least 4 members (excludes halogenated alkanes) is 3. The van der Waals surface area contributed by atoms with Crippen molar-refractivity contribution in [1.82, 2.24) is 0 Å². The van der Waals surface area contributed by atoms with Crippen molar-refractivity contribution >= 4 is 41.6 Å². The summed E-state index contributed by atoms with van der Waals surface area (Å²) in [5.74, 6) is 1.09. The number of hydrogen-bond acceptors (Lipinski definition) is 4. The van der Waals surface area contributed by atoms with E-state index >= 15 is 0 Å². The number of nitrogens with one attached hydrogen (secondary N) is 1. The van der Waals surface area contributed by atoms with Gasteiger partial charge in [-0.25, -0.2) is 0 Å². The molecular formula is C18H30IN3O3. The van der Waals surface area contributed by atoms with Crippen LogP contribution in [0.15, 0.2) is 29.3 Å². The van der Waals surface area contributed by atoms with Crippen molar-refractivity contribution < 1.29 is 14.3 Å². The largest absolute Gasteiger partial charge is 0.491 e. The summed E-state index contributed by atoms with van der Waals surface area (Å²) in [5, 5.41) is 3.06. The number of benzene rings is 1. The number of ether oxygens (including phenoxy) is 2. The van der Waals surface area contributed by atoms with E-state index in [0.29, 0.717) is 18.9 Å². The molecular weight excluding hydrogens is 433 g/mol. The standard InChI is InChI=1S/C18H29N3O3.HI/c1-14(2)24-16-11-9-15(10-12-16)21-18(19)20-13-7-5-4-6-8-17(22)23-3;/h9-12,14H,4-8,13H2,1-3H3,(H3,19,20,21);1H. The minimum absolute atomic E-state index is 0. The number of methoxy groups -OCH3 is 1. The molecule has 0 heterocycles. The van der Waals surface area contributed by atoms with E-state index in [9.17, 15) is 4.79 Å². The second-order valence-corrected chi connectivity index (χ2v) is 5.82. The van der Waals surface area contributed by atoms with Crippen LogP contribution in [-0.4, -0.2) is 31.7 Å². The van der Waals surface area contributed by atoms with E-state index in [-0.39, 0.29) is 36.0 Å². The van der Waals surface area contributed by atoms with Crippen molar-refractivity contribution in [2.75, 3.05) is 19.0 Å². The van der Waals surface area contributed by atoms with E-state index in [2.05, 4.69) is 15.0 Å². The zero-order valence-corrected chi connectivity index (χ0v) is 17.6. The van der Waals surface area contributed by atoms with Gasteiger partial charge >= 0.3 is 5.97 Å². The Bertz CT molecular complexity index is 519. The molecule has 0 amide bonds. The molecule has 0 aliphatic heterocycles. The highest BCUT2D eigenvalue weighted by Crippen LogP contribution is 2.16.